The van der Waals surface area contributed by atoms with E-state index in [1.165, 1.54) is 0 Å². The van der Waals surface area contributed by atoms with E-state index in [9.17, 15) is 9.90 Å². The number of carbonyl (C=O) groups excluding carboxylic acids is 1. The van der Waals surface area contributed by atoms with Gasteiger partial charge >= 0.3 is 0 Å². The molecule has 0 saturated carbocycles. The van der Waals surface area contributed by atoms with Crippen molar-refractivity contribution in [1.29, 1.82) is 0 Å². The Morgan fingerprint density at radius 3 is 2.64 bits per heavy atom. The van der Waals surface area contributed by atoms with Crippen molar-refractivity contribution >= 4 is 11.6 Å². The molecular formula is C23H23NO4. The lowest BCUT2D eigenvalue weighted by Crippen LogP contribution is -2.12. The Morgan fingerprint density at radius 1 is 1.04 bits per heavy atom. The fourth-order valence-electron chi connectivity index (χ4n) is 2.89. The molecule has 0 radical (unpaired) electrons. The summed E-state index contributed by atoms with van der Waals surface area (Å²) >= 11 is 0. The monoisotopic (exact) mass is 377 g/mol. The molecule has 0 aromatic heterocycles. The molecule has 0 bridgehead atoms. The number of hydrogen-bond donors (Lipinski definition) is 2. The second-order valence-electron chi connectivity index (χ2n) is 6.36. The molecule has 0 fully saturated rings. The number of aromatic hydroxyl groups is 1. The highest BCUT2D eigenvalue weighted by molar-refractivity contribution is 6.06. The molecule has 3 aromatic carbocycles. The maximum atomic E-state index is 12.4. The number of aryl methyl sites for hydroxylation is 1. The van der Waals surface area contributed by atoms with Crippen LogP contribution in [0.5, 0.6) is 17.2 Å². The van der Waals surface area contributed by atoms with Crippen molar-refractivity contribution in [2.45, 2.75) is 13.3 Å². The number of rotatable bonds is 7. The Morgan fingerprint density at radius 2 is 1.82 bits per heavy atom. The van der Waals surface area contributed by atoms with Gasteiger partial charge in [-0.25, -0.2) is 0 Å². The van der Waals surface area contributed by atoms with Crippen molar-refractivity contribution in [3.05, 3.63) is 83.4 Å². The third-order valence-corrected chi connectivity index (χ3v) is 4.41. The van der Waals surface area contributed by atoms with Gasteiger partial charge in [0.2, 0.25) is 0 Å². The number of anilines is 1. The van der Waals surface area contributed by atoms with Crippen LogP contribution in [0.15, 0.2) is 66.7 Å². The SMILES string of the molecule is COc1ccccc1CCOc1cccc(NC(=O)c2cccc(C)c2O)c1. The molecule has 0 spiro atoms. The molecule has 0 unspecified atom stereocenters. The number of phenols is 1. The van der Waals surface area contributed by atoms with Crippen LogP contribution in [-0.2, 0) is 6.42 Å². The van der Waals surface area contributed by atoms with Crippen molar-refractivity contribution in [2.75, 3.05) is 19.0 Å². The van der Waals surface area contributed by atoms with Gasteiger partial charge in [-0.1, -0.05) is 36.4 Å². The summed E-state index contributed by atoms with van der Waals surface area (Å²) in [6, 6.07) is 20.1. The van der Waals surface area contributed by atoms with E-state index in [1.807, 2.05) is 36.4 Å². The molecule has 0 heterocycles. The highest BCUT2D eigenvalue weighted by Gasteiger charge is 2.13. The molecule has 5 nitrogen and oxygen atoms in total. The lowest BCUT2D eigenvalue weighted by Gasteiger charge is -2.11. The van der Waals surface area contributed by atoms with Gasteiger partial charge in [0.25, 0.3) is 5.91 Å². The van der Waals surface area contributed by atoms with Gasteiger partial charge in [0.05, 0.1) is 19.3 Å². The van der Waals surface area contributed by atoms with Gasteiger partial charge < -0.3 is 19.9 Å². The minimum Gasteiger partial charge on any atom is -0.507 e. The van der Waals surface area contributed by atoms with E-state index < -0.39 is 0 Å². The van der Waals surface area contributed by atoms with Crippen molar-refractivity contribution in [2.24, 2.45) is 0 Å². The third kappa shape index (κ3) is 4.62. The molecular weight excluding hydrogens is 354 g/mol. The fourth-order valence-corrected chi connectivity index (χ4v) is 2.89. The Bertz CT molecular complexity index is 968. The summed E-state index contributed by atoms with van der Waals surface area (Å²) in [6.45, 7) is 2.23. The van der Waals surface area contributed by atoms with E-state index in [1.54, 1.807) is 44.4 Å². The zero-order chi connectivity index (χ0) is 19.9. The van der Waals surface area contributed by atoms with Crippen LogP contribution < -0.4 is 14.8 Å². The Kier molecular flexibility index (Phi) is 6.17. The molecule has 0 atom stereocenters. The molecule has 0 saturated heterocycles. The molecule has 144 valence electrons. The van der Waals surface area contributed by atoms with Gasteiger partial charge in [-0.15, -0.1) is 0 Å². The average molecular weight is 377 g/mol. The average Bonchev–Trinajstić information content (AvgIpc) is 2.70. The smallest absolute Gasteiger partial charge is 0.259 e. The molecule has 2 N–H and O–H groups in total. The quantitative estimate of drug-likeness (QED) is 0.632. The second kappa shape index (κ2) is 8.95. The van der Waals surface area contributed by atoms with Gasteiger partial charge in [0, 0.05) is 18.2 Å². The first-order valence-corrected chi connectivity index (χ1v) is 9.03. The Labute approximate surface area is 164 Å². The van der Waals surface area contributed by atoms with Crippen molar-refractivity contribution in [1.82, 2.24) is 0 Å². The molecule has 5 heteroatoms. The molecule has 28 heavy (non-hydrogen) atoms. The van der Waals surface area contributed by atoms with Crippen molar-refractivity contribution in [3.8, 4) is 17.2 Å². The van der Waals surface area contributed by atoms with Gasteiger partial charge in [0.15, 0.2) is 0 Å². The molecule has 0 aliphatic carbocycles. The van der Waals surface area contributed by atoms with Crippen LogP contribution >= 0.6 is 0 Å². The van der Waals surface area contributed by atoms with Crippen LogP contribution in [0.25, 0.3) is 0 Å². The summed E-state index contributed by atoms with van der Waals surface area (Å²) in [4.78, 5) is 12.4. The number of para-hydroxylation sites is 2. The summed E-state index contributed by atoms with van der Waals surface area (Å²) in [6.07, 6.45) is 0.706. The number of ether oxygens (including phenoxy) is 2. The zero-order valence-electron chi connectivity index (χ0n) is 15.9. The van der Waals surface area contributed by atoms with Crippen LogP contribution in [-0.4, -0.2) is 24.7 Å². The maximum absolute atomic E-state index is 12.4. The third-order valence-electron chi connectivity index (χ3n) is 4.41. The minimum atomic E-state index is -0.368. The normalized spacial score (nSPS) is 10.4. The molecule has 0 aliphatic heterocycles. The van der Waals surface area contributed by atoms with E-state index in [2.05, 4.69) is 5.32 Å². The number of hydrogen-bond acceptors (Lipinski definition) is 4. The first-order chi connectivity index (χ1) is 13.6. The van der Waals surface area contributed by atoms with E-state index in [-0.39, 0.29) is 17.2 Å². The Balaban J connectivity index is 1.62. The lowest BCUT2D eigenvalue weighted by atomic mass is 10.1. The van der Waals surface area contributed by atoms with Gasteiger partial charge in [-0.05, 0) is 42.3 Å². The van der Waals surface area contributed by atoms with E-state index in [0.717, 1.165) is 11.3 Å². The van der Waals surface area contributed by atoms with Gasteiger partial charge in [-0.3, -0.25) is 4.79 Å². The maximum Gasteiger partial charge on any atom is 0.259 e. The fraction of sp³-hybridized carbons (Fsp3) is 0.174. The minimum absolute atomic E-state index is 0.00999. The lowest BCUT2D eigenvalue weighted by molar-refractivity contribution is 0.102. The summed E-state index contributed by atoms with van der Waals surface area (Å²) < 4.78 is 11.2. The number of methoxy groups -OCH3 is 1. The first-order valence-electron chi connectivity index (χ1n) is 9.03. The number of carbonyl (C=O) groups is 1. The summed E-state index contributed by atoms with van der Waals surface area (Å²) in [5.74, 6) is 1.11. The molecule has 3 aromatic rings. The topological polar surface area (TPSA) is 67.8 Å². The highest BCUT2D eigenvalue weighted by atomic mass is 16.5. The number of benzene rings is 3. The Hall–Kier alpha value is -3.47. The first kappa shape index (κ1) is 19.3. The second-order valence-corrected chi connectivity index (χ2v) is 6.36. The summed E-state index contributed by atoms with van der Waals surface area (Å²) in [5.41, 5.74) is 2.56. The zero-order valence-corrected chi connectivity index (χ0v) is 15.9. The highest BCUT2D eigenvalue weighted by Crippen LogP contribution is 2.24. The predicted molar refractivity (Wildman–Crippen MR) is 109 cm³/mol. The predicted octanol–water partition coefficient (Wildman–Crippen LogP) is 4.58. The number of phenolic OH excluding ortho intramolecular Hbond substituents is 1. The van der Waals surface area contributed by atoms with Gasteiger partial charge in [-0.2, -0.15) is 0 Å². The van der Waals surface area contributed by atoms with Crippen molar-refractivity contribution in [3.63, 3.8) is 0 Å². The standard InChI is InChI=1S/C23H23NO4/c1-16-7-5-11-20(22(16)25)23(26)24-18-9-6-10-19(15-18)28-14-13-17-8-3-4-12-21(17)27-2/h3-12,15,25H,13-14H2,1-2H3,(H,24,26). The molecule has 3 rings (SSSR count). The summed E-state index contributed by atoms with van der Waals surface area (Å²) in [7, 11) is 1.65. The van der Waals surface area contributed by atoms with Crippen LogP contribution in [0.3, 0.4) is 0 Å². The van der Waals surface area contributed by atoms with Crippen molar-refractivity contribution < 1.29 is 19.4 Å². The van der Waals surface area contributed by atoms with Crippen LogP contribution in [0.2, 0.25) is 0 Å². The van der Waals surface area contributed by atoms with Gasteiger partial charge in [0.1, 0.15) is 17.2 Å². The van der Waals surface area contributed by atoms with E-state index in [4.69, 9.17) is 9.47 Å². The summed E-state index contributed by atoms with van der Waals surface area (Å²) in [5, 5.41) is 12.9. The van der Waals surface area contributed by atoms with Crippen LogP contribution in [0.1, 0.15) is 21.5 Å². The van der Waals surface area contributed by atoms with Crippen LogP contribution in [0, 0.1) is 6.92 Å². The largest absolute Gasteiger partial charge is 0.507 e. The molecule has 0 aliphatic rings. The number of nitrogens with one attached hydrogen (secondary N) is 1. The van der Waals surface area contributed by atoms with Crippen LogP contribution in [0.4, 0.5) is 5.69 Å². The van der Waals surface area contributed by atoms with E-state index >= 15 is 0 Å². The molecule has 1 amide bonds. The van der Waals surface area contributed by atoms with E-state index in [0.29, 0.717) is 30.0 Å². The number of amides is 1.